The lowest BCUT2D eigenvalue weighted by atomic mass is 9.97. The van der Waals surface area contributed by atoms with Crippen molar-refractivity contribution in [2.75, 3.05) is 0 Å². The minimum absolute atomic E-state index is 0.102. The fourth-order valence-corrected chi connectivity index (χ4v) is 2.05. The molecule has 1 aromatic heterocycles. The molecular weight excluding hydrogens is 232 g/mol. The van der Waals surface area contributed by atoms with Crippen LogP contribution in [0.5, 0.6) is 0 Å². The number of pyridine rings is 1. The Bertz CT molecular complexity index is 719. The van der Waals surface area contributed by atoms with Gasteiger partial charge < -0.3 is 0 Å². The topological polar surface area (TPSA) is 73.1 Å². The lowest BCUT2D eigenvalue weighted by molar-refractivity contribution is -0.424. The maximum absolute atomic E-state index is 11.9. The van der Waals surface area contributed by atoms with E-state index in [1.54, 1.807) is 6.07 Å². The predicted molar refractivity (Wildman–Crippen MR) is 65.7 cm³/mol. The summed E-state index contributed by atoms with van der Waals surface area (Å²) in [4.78, 5) is 26.4. The molecule has 0 spiro atoms. The lowest BCUT2D eigenvalue weighted by Crippen LogP contribution is -2.14. The molecule has 0 saturated carbocycles. The van der Waals surface area contributed by atoms with Crippen molar-refractivity contribution in [3.63, 3.8) is 0 Å². The number of hydrogen-bond donors (Lipinski definition) is 0. The van der Waals surface area contributed by atoms with Crippen LogP contribution in [0.3, 0.4) is 0 Å². The van der Waals surface area contributed by atoms with Crippen molar-refractivity contribution in [2.45, 2.75) is 6.42 Å². The van der Waals surface area contributed by atoms with E-state index in [-0.39, 0.29) is 17.9 Å². The van der Waals surface area contributed by atoms with E-state index in [0.717, 1.165) is 10.9 Å². The zero-order valence-electron chi connectivity index (χ0n) is 9.29. The Morgan fingerprint density at radius 2 is 2.06 bits per heavy atom. The number of ketones is 1. The van der Waals surface area contributed by atoms with Gasteiger partial charge in [-0.25, -0.2) is 4.98 Å². The second-order valence-electron chi connectivity index (χ2n) is 4.11. The van der Waals surface area contributed by atoms with Gasteiger partial charge in [-0.15, -0.1) is 0 Å². The van der Waals surface area contributed by atoms with Gasteiger partial charge in [0.15, 0.2) is 5.78 Å². The first-order valence-electron chi connectivity index (χ1n) is 5.43. The van der Waals surface area contributed by atoms with Crippen molar-refractivity contribution in [1.82, 2.24) is 4.98 Å². The Kier molecular flexibility index (Phi) is 2.19. The van der Waals surface area contributed by atoms with Crippen LogP contribution in [0.25, 0.3) is 17.0 Å². The third-order valence-corrected chi connectivity index (χ3v) is 2.93. The fourth-order valence-electron chi connectivity index (χ4n) is 2.05. The van der Waals surface area contributed by atoms with Gasteiger partial charge in [-0.2, -0.15) is 0 Å². The zero-order valence-corrected chi connectivity index (χ0v) is 9.29. The van der Waals surface area contributed by atoms with Crippen LogP contribution in [0.2, 0.25) is 0 Å². The quantitative estimate of drug-likeness (QED) is 0.566. The molecule has 0 atom stereocenters. The van der Waals surface area contributed by atoms with Crippen LogP contribution in [0.15, 0.2) is 36.0 Å². The van der Waals surface area contributed by atoms with E-state index >= 15 is 0 Å². The van der Waals surface area contributed by atoms with Crippen LogP contribution in [-0.4, -0.2) is 15.7 Å². The van der Waals surface area contributed by atoms with Crippen molar-refractivity contribution >= 4 is 22.8 Å². The first kappa shape index (κ1) is 10.6. The molecule has 3 rings (SSSR count). The molecule has 0 saturated heterocycles. The van der Waals surface area contributed by atoms with Crippen LogP contribution < -0.4 is 0 Å². The van der Waals surface area contributed by atoms with Gasteiger partial charge in [0.25, 0.3) is 5.70 Å². The number of allylic oxidation sites excluding steroid dienone is 1. The molecule has 0 aliphatic heterocycles. The van der Waals surface area contributed by atoms with E-state index in [4.69, 9.17) is 0 Å². The predicted octanol–water partition coefficient (Wildman–Crippen LogP) is 2.44. The molecule has 0 N–H and O–H groups in total. The summed E-state index contributed by atoms with van der Waals surface area (Å²) in [5.74, 6) is -0.252. The van der Waals surface area contributed by atoms with E-state index < -0.39 is 4.92 Å². The molecule has 18 heavy (non-hydrogen) atoms. The standard InChI is InChI=1S/C13H8N2O3/c16-13-7-9(15(17)18)6-12-10(13)5-8-3-1-2-4-11(8)14-12/h1-6H,7H2. The minimum atomic E-state index is -0.530. The van der Waals surface area contributed by atoms with E-state index in [1.165, 1.54) is 6.08 Å². The number of nitrogens with zero attached hydrogens (tertiary/aromatic N) is 2. The summed E-state index contributed by atoms with van der Waals surface area (Å²) in [6.07, 6.45) is 1.21. The number of nitro groups is 1. The molecule has 5 heteroatoms. The van der Waals surface area contributed by atoms with Crippen LogP contribution in [0.4, 0.5) is 0 Å². The highest BCUT2D eigenvalue weighted by atomic mass is 16.6. The second-order valence-corrected chi connectivity index (χ2v) is 4.11. The van der Waals surface area contributed by atoms with Crippen molar-refractivity contribution in [3.8, 4) is 0 Å². The molecule has 0 bridgehead atoms. The summed E-state index contributed by atoms with van der Waals surface area (Å²) in [6, 6.07) is 9.12. The minimum Gasteiger partial charge on any atom is -0.293 e. The van der Waals surface area contributed by atoms with E-state index in [9.17, 15) is 14.9 Å². The third kappa shape index (κ3) is 1.57. The summed E-state index contributed by atoms with van der Waals surface area (Å²) >= 11 is 0. The molecule has 0 unspecified atom stereocenters. The van der Waals surface area contributed by atoms with Crippen LogP contribution in [0, 0.1) is 10.1 Å². The van der Waals surface area contributed by atoms with Gasteiger partial charge in [0.1, 0.15) is 6.42 Å². The third-order valence-electron chi connectivity index (χ3n) is 2.93. The normalized spacial score (nSPS) is 14.2. The van der Waals surface area contributed by atoms with E-state index in [2.05, 4.69) is 4.98 Å². The van der Waals surface area contributed by atoms with Gasteiger partial charge in [-0.05, 0) is 12.1 Å². The molecular formula is C13H8N2O3. The van der Waals surface area contributed by atoms with E-state index in [1.807, 2.05) is 24.3 Å². The average Bonchev–Trinajstić information content (AvgIpc) is 2.36. The number of aromatic nitrogens is 1. The largest absolute Gasteiger partial charge is 0.293 e. The van der Waals surface area contributed by atoms with Crippen molar-refractivity contribution in [2.24, 2.45) is 0 Å². The number of hydrogen-bond acceptors (Lipinski definition) is 4. The Balaban J connectivity index is 2.28. The number of carbonyl (C=O) groups excluding carboxylic acids is 1. The Morgan fingerprint density at radius 1 is 1.28 bits per heavy atom. The highest BCUT2D eigenvalue weighted by molar-refractivity contribution is 6.05. The van der Waals surface area contributed by atoms with Crippen LogP contribution in [-0.2, 0) is 0 Å². The monoisotopic (exact) mass is 240 g/mol. The summed E-state index contributed by atoms with van der Waals surface area (Å²) in [5.41, 5.74) is 1.47. The first-order chi connectivity index (χ1) is 8.65. The van der Waals surface area contributed by atoms with Gasteiger partial charge in [-0.1, -0.05) is 18.2 Å². The molecule has 5 nitrogen and oxygen atoms in total. The number of fused-ring (bicyclic) bond motifs is 2. The summed E-state index contributed by atoms with van der Waals surface area (Å²) in [5, 5.41) is 11.6. The molecule has 2 aromatic rings. The number of para-hydroxylation sites is 1. The smallest absolute Gasteiger partial charge is 0.256 e. The summed E-state index contributed by atoms with van der Waals surface area (Å²) < 4.78 is 0. The van der Waals surface area contributed by atoms with Gasteiger partial charge in [-0.3, -0.25) is 14.9 Å². The van der Waals surface area contributed by atoms with Gasteiger partial charge >= 0.3 is 0 Å². The molecule has 1 aromatic carbocycles. The molecule has 0 fully saturated rings. The number of benzene rings is 1. The van der Waals surface area contributed by atoms with E-state index in [0.29, 0.717) is 11.3 Å². The molecule has 1 aliphatic rings. The zero-order chi connectivity index (χ0) is 12.7. The average molecular weight is 240 g/mol. The van der Waals surface area contributed by atoms with Crippen molar-refractivity contribution < 1.29 is 9.72 Å². The van der Waals surface area contributed by atoms with Gasteiger partial charge in [0.05, 0.1) is 16.1 Å². The SMILES string of the molecule is O=C1CC([N+](=O)[O-])=Cc2nc3ccccc3cc21. The molecule has 0 amide bonds. The highest BCUT2D eigenvalue weighted by Gasteiger charge is 2.26. The second kappa shape index (κ2) is 3.73. The Hall–Kier alpha value is -2.56. The molecule has 1 heterocycles. The number of rotatable bonds is 1. The molecule has 0 radical (unpaired) electrons. The molecule has 1 aliphatic carbocycles. The summed E-state index contributed by atoms with van der Waals surface area (Å²) in [6.45, 7) is 0. The fraction of sp³-hybridized carbons (Fsp3) is 0.0769. The number of carbonyl (C=O) groups is 1. The maximum Gasteiger partial charge on any atom is 0.256 e. The Labute approximate surface area is 102 Å². The Morgan fingerprint density at radius 3 is 2.83 bits per heavy atom. The van der Waals surface area contributed by atoms with Crippen molar-refractivity contribution in [1.29, 1.82) is 0 Å². The highest BCUT2D eigenvalue weighted by Crippen LogP contribution is 2.26. The van der Waals surface area contributed by atoms with Gasteiger partial charge in [0.2, 0.25) is 0 Å². The lowest BCUT2D eigenvalue weighted by Gasteiger charge is -2.10. The van der Waals surface area contributed by atoms with Crippen molar-refractivity contribution in [3.05, 3.63) is 57.4 Å². The number of Topliss-reactive ketones (excluding diaryl/α,β-unsaturated/α-hetero) is 1. The molecule has 88 valence electrons. The summed E-state index contributed by atoms with van der Waals surface area (Å²) in [7, 11) is 0. The first-order valence-corrected chi connectivity index (χ1v) is 5.43. The van der Waals surface area contributed by atoms with Crippen LogP contribution >= 0.6 is 0 Å². The maximum atomic E-state index is 11.9. The van der Waals surface area contributed by atoms with Crippen LogP contribution in [0.1, 0.15) is 22.5 Å². The van der Waals surface area contributed by atoms with Gasteiger partial charge in [0, 0.05) is 17.0 Å².